The van der Waals surface area contributed by atoms with Gasteiger partial charge in [0.15, 0.2) is 0 Å². The smallest absolute Gasteiger partial charge is 0.234 e. The van der Waals surface area contributed by atoms with Gasteiger partial charge in [-0.3, -0.25) is 14.6 Å². The third-order valence-electron chi connectivity index (χ3n) is 5.78. The van der Waals surface area contributed by atoms with E-state index in [4.69, 9.17) is 9.47 Å². The summed E-state index contributed by atoms with van der Waals surface area (Å²) in [7, 11) is 1.66. The molecule has 3 rings (SSSR count). The Balaban J connectivity index is 1.45. The van der Waals surface area contributed by atoms with Gasteiger partial charge in [-0.2, -0.15) is 0 Å². The topological polar surface area (TPSA) is 54.0 Å². The first kappa shape index (κ1) is 21.1. The number of carbonyl (C=O) groups excluding carboxylic acids is 1. The number of carbonyl (C=O) groups is 1. The molecular weight excluding hydrogens is 354 g/mol. The van der Waals surface area contributed by atoms with Crippen molar-refractivity contribution in [2.24, 2.45) is 5.92 Å². The van der Waals surface area contributed by atoms with Crippen LogP contribution in [0.15, 0.2) is 24.3 Å². The minimum atomic E-state index is 0.0132. The second-order valence-electron chi connectivity index (χ2n) is 8.27. The van der Waals surface area contributed by atoms with Gasteiger partial charge in [0.25, 0.3) is 0 Å². The van der Waals surface area contributed by atoms with Crippen molar-refractivity contribution < 1.29 is 14.3 Å². The number of nitrogens with one attached hydrogen (secondary N) is 1. The largest absolute Gasteiger partial charge is 0.497 e. The summed E-state index contributed by atoms with van der Waals surface area (Å²) in [5, 5.41) is 3.23. The first-order valence-corrected chi connectivity index (χ1v) is 10.5. The third kappa shape index (κ3) is 5.93. The van der Waals surface area contributed by atoms with Gasteiger partial charge in [0, 0.05) is 39.3 Å². The van der Waals surface area contributed by atoms with E-state index in [9.17, 15) is 4.79 Å². The standard InChI is InChI=1S/C22H35N3O3/c1-17(2)22(18-6-8-19(27-3)9-7-18)23-21(26)16-25-12-10-24(11-13-25)15-20-5-4-14-28-20/h6-9,17,20,22H,4-5,10-16H2,1-3H3,(H,23,26). The lowest BCUT2D eigenvalue weighted by Crippen LogP contribution is -2.51. The molecular formula is C22H35N3O3. The lowest BCUT2D eigenvalue weighted by Gasteiger charge is -2.35. The first-order valence-electron chi connectivity index (χ1n) is 10.5. The van der Waals surface area contributed by atoms with E-state index in [2.05, 4.69) is 29.0 Å². The van der Waals surface area contributed by atoms with Crippen LogP contribution in [0.5, 0.6) is 5.75 Å². The molecule has 2 heterocycles. The number of piperazine rings is 1. The molecule has 0 aromatic heterocycles. The molecule has 0 saturated carbocycles. The number of amides is 1. The van der Waals surface area contributed by atoms with Crippen molar-refractivity contribution in [1.82, 2.24) is 15.1 Å². The second kappa shape index (κ2) is 10.2. The van der Waals surface area contributed by atoms with Crippen molar-refractivity contribution in [3.63, 3.8) is 0 Å². The Morgan fingerprint density at radius 2 is 1.86 bits per heavy atom. The summed E-state index contributed by atoms with van der Waals surface area (Å²) >= 11 is 0. The highest BCUT2D eigenvalue weighted by Gasteiger charge is 2.25. The Hall–Kier alpha value is -1.63. The van der Waals surface area contributed by atoms with E-state index in [0.29, 0.717) is 18.6 Å². The highest BCUT2D eigenvalue weighted by Crippen LogP contribution is 2.24. The molecule has 2 aliphatic heterocycles. The summed E-state index contributed by atoms with van der Waals surface area (Å²) < 4.78 is 11.0. The Labute approximate surface area is 169 Å². The van der Waals surface area contributed by atoms with Crippen LogP contribution >= 0.6 is 0 Å². The Bertz CT molecular complexity index is 606. The van der Waals surface area contributed by atoms with Crippen molar-refractivity contribution in [2.75, 3.05) is 53.0 Å². The third-order valence-corrected chi connectivity index (χ3v) is 5.78. The van der Waals surface area contributed by atoms with Crippen LogP contribution in [-0.2, 0) is 9.53 Å². The van der Waals surface area contributed by atoms with E-state index in [1.165, 1.54) is 12.8 Å². The predicted octanol–water partition coefficient (Wildman–Crippen LogP) is 2.31. The molecule has 28 heavy (non-hydrogen) atoms. The van der Waals surface area contributed by atoms with Gasteiger partial charge in [0.1, 0.15) is 5.75 Å². The summed E-state index contributed by atoms with van der Waals surface area (Å²) in [6.07, 6.45) is 2.78. The van der Waals surface area contributed by atoms with Gasteiger partial charge in [0.05, 0.1) is 25.8 Å². The number of nitrogens with zero attached hydrogens (tertiary/aromatic N) is 2. The lowest BCUT2D eigenvalue weighted by atomic mass is 9.96. The molecule has 2 atom stereocenters. The Kier molecular flexibility index (Phi) is 7.71. The van der Waals surface area contributed by atoms with Gasteiger partial charge < -0.3 is 14.8 Å². The maximum atomic E-state index is 12.7. The zero-order valence-electron chi connectivity index (χ0n) is 17.5. The van der Waals surface area contributed by atoms with E-state index < -0.39 is 0 Å². The van der Waals surface area contributed by atoms with Crippen LogP contribution in [0.2, 0.25) is 0 Å². The van der Waals surface area contributed by atoms with Crippen molar-refractivity contribution in [1.29, 1.82) is 0 Å². The molecule has 156 valence electrons. The molecule has 0 spiro atoms. The SMILES string of the molecule is COc1ccc(C(NC(=O)CN2CCN(CC3CCCO3)CC2)C(C)C)cc1. The number of methoxy groups -OCH3 is 1. The lowest BCUT2D eigenvalue weighted by molar-refractivity contribution is -0.123. The summed E-state index contributed by atoms with van der Waals surface area (Å²) in [6, 6.07) is 7.98. The van der Waals surface area contributed by atoms with Crippen LogP contribution in [0.25, 0.3) is 0 Å². The van der Waals surface area contributed by atoms with E-state index in [0.717, 1.165) is 50.6 Å². The van der Waals surface area contributed by atoms with E-state index in [1.807, 2.05) is 24.3 Å². The van der Waals surface area contributed by atoms with Gasteiger partial charge in [-0.1, -0.05) is 26.0 Å². The summed E-state index contributed by atoms with van der Waals surface area (Å²) in [4.78, 5) is 17.4. The molecule has 1 amide bonds. The van der Waals surface area contributed by atoms with Gasteiger partial charge >= 0.3 is 0 Å². The average molecular weight is 390 g/mol. The van der Waals surface area contributed by atoms with Crippen molar-refractivity contribution in [3.05, 3.63) is 29.8 Å². The number of benzene rings is 1. The Morgan fingerprint density at radius 3 is 2.43 bits per heavy atom. The van der Waals surface area contributed by atoms with E-state index in [1.54, 1.807) is 7.11 Å². The van der Waals surface area contributed by atoms with Gasteiger partial charge in [-0.25, -0.2) is 0 Å². The van der Waals surface area contributed by atoms with Gasteiger partial charge in [-0.15, -0.1) is 0 Å². The molecule has 1 aromatic rings. The molecule has 6 nitrogen and oxygen atoms in total. The predicted molar refractivity (Wildman–Crippen MR) is 111 cm³/mol. The normalized spacial score (nSPS) is 22.4. The minimum Gasteiger partial charge on any atom is -0.497 e. The molecule has 0 radical (unpaired) electrons. The average Bonchev–Trinajstić information content (AvgIpc) is 3.21. The molecule has 1 aromatic carbocycles. The van der Waals surface area contributed by atoms with Crippen LogP contribution < -0.4 is 10.1 Å². The fraction of sp³-hybridized carbons (Fsp3) is 0.682. The second-order valence-corrected chi connectivity index (χ2v) is 8.27. The molecule has 0 aliphatic carbocycles. The number of ether oxygens (including phenoxy) is 2. The van der Waals surface area contributed by atoms with Crippen molar-refractivity contribution in [3.8, 4) is 5.75 Å². The van der Waals surface area contributed by atoms with Crippen LogP contribution in [0.4, 0.5) is 0 Å². The van der Waals surface area contributed by atoms with Gasteiger partial charge in [0.2, 0.25) is 5.91 Å². The van der Waals surface area contributed by atoms with E-state index >= 15 is 0 Å². The highest BCUT2D eigenvalue weighted by molar-refractivity contribution is 5.78. The zero-order chi connectivity index (χ0) is 19.9. The summed E-state index contributed by atoms with van der Waals surface area (Å²) in [5.74, 6) is 1.25. The fourth-order valence-electron chi connectivity index (χ4n) is 4.07. The monoisotopic (exact) mass is 389 g/mol. The van der Waals surface area contributed by atoms with Crippen LogP contribution in [-0.4, -0.2) is 74.8 Å². The number of hydrogen-bond donors (Lipinski definition) is 1. The molecule has 6 heteroatoms. The zero-order valence-corrected chi connectivity index (χ0v) is 17.5. The quantitative estimate of drug-likeness (QED) is 0.739. The van der Waals surface area contributed by atoms with Crippen LogP contribution in [0.3, 0.4) is 0 Å². The maximum Gasteiger partial charge on any atom is 0.234 e. The molecule has 0 bridgehead atoms. The maximum absolute atomic E-state index is 12.7. The van der Waals surface area contributed by atoms with Crippen LogP contribution in [0, 0.1) is 5.92 Å². The molecule has 2 unspecified atom stereocenters. The minimum absolute atomic E-state index is 0.0132. The molecule has 2 saturated heterocycles. The fourth-order valence-corrected chi connectivity index (χ4v) is 4.07. The molecule has 2 aliphatic rings. The molecule has 1 N–H and O–H groups in total. The summed E-state index contributed by atoms with van der Waals surface area (Å²) in [5.41, 5.74) is 1.12. The van der Waals surface area contributed by atoms with E-state index in [-0.39, 0.29) is 11.9 Å². The van der Waals surface area contributed by atoms with Crippen molar-refractivity contribution in [2.45, 2.75) is 38.8 Å². The Morgan fingerprint density at radius 1 is 1.18 bits per heavy atom. The molecule has 2 fully saturated rings. The number of rotatable bonds is 8. The number of hydrogen-bond acceptors (Lipinski definition) is 5. The van der Waals surface area contributed by atoms with Crippen LogP contribution in [0.1, 0.15) is 38.3 Å². The first-order chi connectivity index (χ1) is 13.5. The van der Waals surface area contributed by atoms with Crippen molar-refractivity contribution >= 4 is 5.91 Å². The highest BCUT2D eigenvalue weighted by atomic mass is 16.5. The van der Waals surface area contributed by atoms with Gasteiger partial charge in [-0.05, 0) is 36.5 Å². The summed E-state index contributed by atoms with van der Waals surface area (Å²) in [6.45, 7) is 10.6.